The quantitative estimate of drug-likeness (QED) is 0.275. The molecule has 0 spiro atoms. The number of ether oxygens (including phenoxy) is 2. The Bertz CT molecular complexity index is 1240. The van der Waals surface area contributed by atoms with E-state index in [0.29, 0.717) is 17.1 Å². The average Bonchev–Trinajstić information content (AvgIpc) is 2.85. The molecular weight excluding hydrogens is 516 g/mol. The third-order valence-electron chi connectivity index (χ3n) is 4.60. The van der Waals surface area contributed by atoms with E-state index in [1.165, 1.54) is 18.2 Å². The van der Waals surface area contributed by atoms with Crippen molar-refractivity contribution in [2.75, 3.05) is 13.2 Å². The number of carbonyl (C=O) groups excluding carboxylic acids is 3. The Morgan fingerprint density at radius 1 is 0.971 bits per heavy atom. The molecule has 0 aromatic heterocycles. The topological polar surface area (TPSA) is 114 Å². The molecule has 3 aromatic rings. The summed E-state index contributed by atoms with van der Waals surface area (Å²) in [5.41, 5.74) is 0.458. The van der Waals surface area contributed by atoms with Crippen LogP contribution in [0.25, 0.3) is 6.08 Å². The van der Waals surface area contributed by atoms with E-state index in [9.17, 15) is 19.5 Å². The van der Waals surface area contributed by atoms with E-state index in [2.05, 4.69) is 26.6 Å². The molecule has 0 radical (unpaired) electrons. The second kappa shape index (κ2) is 12.4. The van der Waals surface area contributed by atoms with E-state index in [1.54, 1.807) is 43.3 Å². The van der Waals surface area contributed by atoms with Crippen LogP contribution in [0.2, 0.25) is 0 Å². The van der Waals surface area contributed by atoms with Crippen molar-refractivity contribution in [3.8, 4) is 17.2 Å². The summed E-state index contributed by atoms with van der Waals surface area (Å²) in [6.45, 7) is 1.46. The molecular formula is C26H23BrN2O6. The lowest BCUT2D eigenvalue weighted by Crippen LogP contribution is -2.37. The maximum absolute atomic E-state index is 12.8. The van der Waals surface area contributed by atoms with Crippen LogP contribution in [0.15, 0.2) is 83.0 Å². The number of esters is 1. The summed E-state index contributed by atoms with van der Waals surface area (Å²) >= 11 is 3.43. The largest absolute Gasteiger partial charge is 0.507 e. The summed E-state index contributed by atoms with van der Waals surface area (Å²) in [5, 5.41) is 14.9. The van der Waals surface area contributed by atoms with Gasteiger partial charge in [0, 0.05) is 0 Å². The molecule has 0 unspecified atom stereocenters. The Morgan fingerprint density at radius 2 is 1.66 bits per heavy atom. The number of phenolic OH excluding ortho intramolecular Hbond substituents is 1. The number of nitrogens with one attached hydrogen (secondary N) is 2. The molecule has 8 nitrogen and oxygen atoms in total. The first-order valence-corrected chi connectivity index (χ1v) is 11.4. The average molecular weight is 539 g/mol. The number of halogens is 1. The van der Waals surface area contributed by atoms with Crippen molar-refractivity contribution >= 4 is 39.8 Å². The molecule has 180 valence electrons. The summed E-state index contributed by atoms with van der Waals surface area (Å²) in [6, 6.07) is 20.2. The minimum absolute atomic E-state index is 0.00576. The Labute approximate surface area is 210 Å². The minimum Gasteiger partial charge on any atom is -0.507 e. The molecule has 0 fully saturated rings. The lowest BCUT2D eigenvalue weighted by Gasteiger charge is -2.12. The van der Waals surface area contributed by atoms with Crippen molar-refractivity contribution in [3.63, 3.8) is 0 Å². The molecule has 0 bridgehead atoms. The zero-order valence-corrected chi connectivity index (χ0v) is 20.4. The van der Waals surface area contributed by atoms with Crippen molar-refractivity contribution in [2.24, 2.45) is 0 Å². The van der Waals surface area contributed by atoms with Gasteiger partial charge in [0.15, 0.2) is 0 Å². The predicted molar refractivity (Wildman–Crippen MR) is 134 cm³/mol. The first-order valence-electron chi connectivity index (χ1n) is 10.6. The standard InChI is InChI=1S/C26H23BrN2O6/c1-2-34-24(31)16-28-26(33)21(29-25(32)19-7-3-5-9-22(19)30)15-17-11-13-18(14-12-17)35-23-10-6-4-8-20(23)27/h3-15,30H,2,16H2,1H3,(H,28,33)(H,29,32)/b21-15+. The smallest absolute Gasteiger partial charge is 0.325 e. The number of para-hydroxylation sites is 2. The maximum atomic E-state index is 12.8. The molecule has 0 saturated carbocycles. The molecule has 35 heavy (non-hydrogen) atoms. The lowest BCUT2D eigenvalue weighted by atomic mass is 10.1. The number of aromatic hydroxyl groups is 1. The van der Waals surface area contributed by atoms with Crippen LogP contribution in [0.4, 0.5) is 0 Å². The van der Waals surface area contributed by atoms with Crippen LogP contribution in [0.5, 0.6) is 17.2 Å². The van der Waals surface area contributed by atoms with Crippen molar-refractivity contribution in [1.29, 1.82) is 0 Å². The van der Waals surface area contributed by atoms with Crippen molar-refractivity contribution in [2.45, 2.75) is 6.92 Å². The van der Waals surface area contributed by atoms with Crippen molar-refractivity contribution in [1.82, 2.24) is 10.6 Å². The number of phenols is 1. The van der Waals surface area contributed by atoms with Crippen LogP contribution in [0, 0.1) is 0 Å². The number of amides is 2. The van der Waals surface area contributed by atoms with Gasteiger partial charge in [-0.05, 0) is 70.9 Å². The fourth-order valence-electron chi connectivity index (χ4n) is 2.93. The monoisotopic (exact) mass is 538 g/mol. The molecule has 0 atom stereocenters. The highest BCUT2D eigenvalue weighted by atomic mass is 79.9. The molecule has 0 aliphatic rings. The fraction of sp³-hybridized carbons (Fsp3) is 0.115. The van der Waals surface area contributed by atoms with Gasteiger partial charge in [0.1, 0.15) is 29.5 Å². The van der Waals surface area contributed by atoms with Gasteiger partial charge < -0.3 is 25.2 Å². The first kappa shape index (κ1) is 25.5. The second-order valence-electron chi connectivity index (χ2n) is 7.12. The van der Waals surface area contributed by atoms with Crippen molar-refractivity contribution < 1.29 is 29.0 Å². The van der Waals surface area contributed by atoms with E-state index < -0.39 is 17.8 Å². The summed E-state index contributed by atoms with van der Waals surface area (Å²) in [4.78, 5) is 37.1. The molecule has 3 aromatic carbocycles. The molecule has 2 amide bonds. The molecule has 0 aliphatic carbocycles. The van der Waals surface area contributed by atoms with Crippen molar-refractivity contribution in [3.05, 3.63) is 94.1 Å². The number of benzene rings is 3. The van der Waals surface area contributed by atoms with Crippen LogP contribution in [0.1, 0.15) is 22.8 Å². The fourth-order valence-corrected chi connectivity index (χ4v) is 3.29. The van der Waals surface area contributed by atoms with Gasteiger partial charge in [0.2, 0.25) is 0 Å². The van der Waals surface area contributed by atoms with E-state index in [4.69, 9.17) is 9.47 Å². The highest BCUT2D eigenvalue weighted by Gasteiger charge is 2.18. The van der Waals surface area contributed by atoms with E-state index in [0.717, 1.165) is 4.47 Å². The highest BCUT2D eigenvalue weighted by molar-refractivity contribution is 9.10. The van der Waals surface area contributed by atoms with E-state index in [1.807, 2.05) is 24.3 Å². The molecule has 0 heterocycles. The normalized spacial score (nSPS) is 10.9. The Balaban J connectivity index is 1.81. The van der Waals surface area contributed by atoms with Gasteiger partial charge in [0.25, 0.3) is 11.8 Å². The number of rotatable bonds is 9. The number of hydrogen-bond donors (Lipinski definition) is 3. The maximum Gasteiger partial charge on any atom is 0.325 e. The predicted octanol–water partition coefficient (Wildman–Crippen LogP) is 4.40. The number of carbonyl (C=O) groups is 3. The highest BCUT2D eigenvalue weighted by Crippen LogP contribution is 2.29. The second-order valence-corrected chi connectivity index (χ2v) is 7.97. The van der Waals surface area contributed by atoms with Crippen LogP contribution < -0.4 is 15.4 Å². The summed E-state index contributed by atoms with van der Waals surface area (Å²) < 4.78 is 11.5. The van der Waals surface area contributed by atoms with E-state index >= 15 is 0 Å². The molecule has 0 saturated heterocycles. The molecule has 3 rings (SSSR count). The third-order valence-corrected chi connectivity index (χ3v) is 5.25. The zero-order chi connectivity index (χ0) is 25.2. The van der Waals surface area contributed by atoms with Gasteiger partial charge in [-0.25, -0.2) is 0 Å². The van der Waals surface area contributed by atoms with Crippen LogP contribution in [0.3, 0.4) is 0 Å². The molecule has 3 N–H and O–H groups in total. The Morgan fingerprint density at radius 3 is 2.34 bits per heavy atom. The lowest BCUT2D eigenvalue weighted by molar-refractivity contribution is -0.143. The summed E-state index contributed by atoms with van der Waals surface area (Å²) in [7, 11) is 0. The molecule has 9 heteroatoms. The van der Waals surface area contributed by atoms with Gasteiger partial charge >= 0.3 is 5.97 Å². The van der Waals surface area contributed by atoms with Crippen LogP contribution >= 0.6 is 15.9 Å². The Kier molecular flexibility index (Phi) is 9.02. The van der Waals surface area contributed by atoms with Gasteiger partial charge in [-0.15, -0.1) is 0 Å². The number of hydrogen-bond acceptors (Lipinski definition) is 6. The summed E-state index contributed by atoms with van der Waals surface area (Å²) in [6.07, 6.45) is 1.45. The van der Waals surface area contributed by atoms with E-state index in [-0.39, 0.29) is 30.2 Å². The summed E-state index contributed by atoms with van der Waals surface area (Å²) in [5.74, 6) is -1.01. The van der Waals surface area contributed by atoms with Gasteiger partial charge in [0.05, 0.1) is 16.6 Å². The zero-order valence-electron chi connectivity index (χ0n) is 18.8. The Hall–Kier alpha value is -4.11. The van der Waals surface area contributed by atoms with Gasteiger partial charge in [-0.1, -0.05) is 36.4 Å². The SMILES string of the molecule is CCOC(=O)CNC(=O)/C(=C\c1ccc(Oc2ccccc2Br)cc1)NC(=O)c1ccccc1O. The van der Waals surface area contributed by atoms with Crippen LogP contribution in [-0.4, -0.2) is 36.0 Å². The minimum atomic E-state index is -0.699. The third kappa shape index (κ3) is 7.44. The van der Waals surface area contributed by atoms with Crippen LogP contribution in [-0.2, 0) is 14.3 Å². The van der Waals surface area contributed by atoms with Gasteiger partial charge in [-0.2, -0.15) is 0 Å². The molecule has 0 aliphatic heterocycles. The first-order chi connectivity index (χ1) is 16.9. The van der Waals surface area contributed by atoms with Gasteiger partial charge in [-0.3, -0.25) is 14.4 Å².